The zero-order valence-electron chi connectivity index (χ0n) is 9.47. The molecular weight excluding hydrogens is 350 g/mol. The highest BCUT2D eigenvalue weighted by Crippen LogP contribution is 2.28. The van der Waals surface area contributed by atoms with Crippen LogP contribution in [0.3, 0.4) is 0 Å². The van der Waals surface area contributed by atoms with Gasteiger partial charge in [0.2, 0.25) is 0 Å². The van der Waals surface area contributed by atoms with Gasteiger partial charge in [0, 0.05) is 21.6 Å². The highest BCUT2D eigenvalue weighted by molar-refractivity contribution is 9.10. The van der Waals surface area contributed by atoms with Gasteiger partial charge < -0.3 is 10.4 Å². The molecule has 1 aromatic rings. The monoisotopic (exact) mass is 359 g/mol. The molecule has 0 saturated heterocycles. The predicted octanol–water partition coefficient (Wildman–Crippen LogP) is 3.20. The third-order valence-electron chi connectivity index (χ3n) is 2.28. The van der Waals surface area contributed by atoms with Crippen LogP contribution in [0.2, 0.25) is 5.02 Å². The first-order valence-electron chi connectivity index (χ1n) is 5.20. The number of alkyl halides is 3. The largest absolute Gasteiger partial charge is 0.471 e. The lowest BCUT2D eigenvalue weighted by Crippen LogP contribution is -2.37. The van der Waals surface area contributed by atoms with Gasteiger partial charge in [-0.2, -0.15) is 13.2 Å². The van der Waals surface area contributed by atoms with Crippen molar-refractivity contribution in [2.24, 2.45) is 0 Å². The van der Waals surface area contributed by atoms with Gasteiger partial charge in [-0.3, -0.25) is 4.79 Å². The number of amides is 1. The van der Waals surface area contributed by atoms with Gasteiger partial charge in [0.15, 0.2) is 0 Å². The SMILES string of the molecule is O=C(NCCC(O)c1cc(Br)ccc1Cl)C(F)(F)F. The predicted molar refractivity (Wildman–Crippen MR) is 67.8 cm³/mol. The van der Waals surface area contributed by atoms with Crippen LogP contribution in [0, 0.1) is 0 Å². The Balaban J connectivity index is 2.54. The van der Waals surface area contributed by atoms with Gasteiger partial charge >= 0.3 is 12.1 Å². The van der Waals surface area contributed by atoms with Crippen molar-refractivity contribution in [1.29, 1.82) is 0 Å². The van der Waals surface area contributed by atoms with E-state index < -0.39 is 18.2 Å². The quantitative estimate of drug-likeness (QED) is 0.866. The number of hydrogen-bond acceptors (Lipinski definition) is 2. The van der Waals surface area contributed by atoms with E-state index in [1.807, 2.05) is 0 Å². The Morgan fingerprint density at radius 3 is 2.68 bits per heavy atom. The summed E-state index contributed by atoms with van der Waals surface area (Å²) in [5.74, 6) is -2.03. The molecule has 1 aromatic carbocycles. The van der Waals surface area contributed by atoms with Crippen molar-refractivity contribution in [1.82, 2.24) is 5.32 Å². The van der Waals surface area contributed by atoms with E-state index in [9.17, 15) is 23.1 Å². The molecule has 0 saturated carbocycles. The fraction of sp³-hybridized carbons (Fsp3) is 0.364. The Labute approximate surface area is 120 Å². The highest BCUT2D eigenvalue weighted by atomic mass is 79.9. The van der Waals surface area contributed by atoms with Crippen LogP contribution in [0.15, 0.2) is 22.7 Å². The second kappa shape index (κ2) is 6.58. The van der Waals surface area contributed by atoms with Gasteiger partial charge in [-0.25, -0.2) is 0 Å². The average Bonchev–Trinajstić information content (AvgIpc) is 2.30. The van der Waals surface area contributed by atoms with Crippen LogP contribution in [0.4, 0.5) is 13.2 Å². The average molecular weight is 361 g/mol. The minimum atomic E-state index is -4.92. The molecule has 0 bridgehead atoms. The summed E-state index contributed by atoms with van der Waals surface area (Å²) in [6.07, 6.45) is -6.05. The van der Waals surface area contributed by atoms with E-state index >= 15 is 0 Å². The number of hydrogen-bond donors (Lipinski definition) is 2. The van der Waals surface area contributed by atoms with Crippen LogP contribution in [0.5, 0.6) is 0 Å². The van der Waals surface area contributed by atoms with E-state index in [1.54, 1.807) is 23.5 Å². The lowest BCUT2D eigenvalue weighted by atomic mass is 10.1. The molecule has 2 N–H and O–H groups in total. The fourth-order valence-electron chi connectivity index (χ4n) is 1.35. The molecule has 1 amide bonds. The molecule has 8 heteroatoms. The molecule has 0 aliphatic rings. The summed E-state index contributed by atoms with van der Waals surface area (Å²) in [5.41, 5.74) is 0.386. The summed E-state index contributed by atoms with van der Waals surface area (Å²) in [7, 11) is 0. The molecule has 0 fully saturated rings. The molecular formula is C11H10BrClF3NO2. The van der Waals surface area contributed by atoms with Crippen LogP contribution >= 0.6 is 27.5 Å². The highest BCUT2D eigenvalue weighted by Gasteiger charge is 2.38. The molecule has 1 atom stereocenters. The van der Waals surface area contributed by atoms with Crippen molar-refractivity contribution in [2.45, 2.75) is 18.7 Å². The molecule has 1 unspecified atom stereocenters. The number of carbonyl (C=O) groups is 1. The molecule has 0 aliphatic carbocycles. The third kappa shape index (κ3) is 5.00. The number of aliphatic hydroxyl groups is 1. The molecule has 0 radical (unpaired) electrons. The van der Waals surface area contributed by atoms with E-state index in [4.69, 9.17) is 11.6 Å². The summed E-state index contributed by atoms with van der Waals surface area (Å²) in [4.78, 5) is 10.6. The standard InChI is InChI=1S/C11H10BrClF3NO2/c12-6-1-2-8(13)7(5-6)9(18)3-4-17-10(19)11(14,15)16/h1-2,5,9,18H,3-4H2,(H,17,19). The van der Waals surface area contributed by atoms with Gasteiger partial charge in [0.25, 0.3) is 0 Å². The second-order valence-electron chi connectivity index (χ2n) is 3.72. The molecule has 0 aliphatic heterocycles. The van der Waals surface area contributed by atoms with E-state index in [0.29, 0.717) is 15.1 Å². The van der Waals surface area contributed by atoms with Gasteiger partial charge in [-0.05, 0) is 24.6 Å². The minimum absolute atomic E-state index is 0.0714. The van der Waals surface area contributed by atoms with Crippen LogP contribution in [0.25, 0.3) is 0 Å². The van der Waals surface area contributed by atoms with Crippen molar-refractivity contribution in [3.8, 4) is 0 Å². The number of rotatable bonds is 4. The Hall–Kier alpha value is -0.790. The number of benzene rings is 1. The lowest BCUT2D eigenvalue weighted by molar-refractivity contribution is -0.173. The van der Waals surface area contributed by atoms with Crippen LogP contribution in [-0.4, -0.2) is 23.7 Å². The van der Waals surface area contributed by atoms with Gasteiger partial charge in [-0.1, -0.05) is 27.5 Å². The fourth-order valence-corrected chi connectivity index (χ4v) is 1.97. The van der Waals surface area contributed by atoms with Crippen LogP contribution in [0.1, 0.15) is 18.1 Å². The molecule has 0 spiro atoms. The van der Waals surface area contributed by atoms with Crippen LogP contribution < -0.4 is 5.32 Å². The van der Waals surface area contributed by atoms with E-state index in [0.717, 1.165) is 0 Å². The number of halogens is 5. The summed E-state index contributed by atoms with van der Waals surface area (Å²) in [6, 6.07) is 4.79. The Morgan fingerprint density at radius 2 is 2.11 bits per heavy atom. The van der Waals surface area contributed by atoms with Crippen LogP contribution in [-0.2, 0) is 4.79 Å². The van der Waals surface area contributed by atoms with Gasteiger partial charge in [0.05, 0.1) is 6.10 Å². The lowest BCUT2D eigenvalue weighted by Gasteiger charge is -2.14. The maximum absolute atomic E-state index is 11.9. The summed E-state index contributed by atoms with van der Waals surface area (Å²) < 4.78 is 36.4. The number of aliphatic hydroxyl groups excluding tert-OH is 1. The minimum Gasteiger partial charge on any atom is -0.388 e. The van der Waals surface area contributed by atoms with Crippen molar-refractivity contribution in [2.75, 3.05) is 6.54 Å². The van der Waals surface area contributed by atoms with Gasteiger partial charge in [0.1, 0.15) is 0 Å². The smallest absolute Gasteiger partial charge is 0.388 e. The summed E-state index contributed by atoms with van der Waals surface area (Å²) >= 11 is 9.05. The Morgan fingerprint density at radius 1 is 1.47 bits per heavy atom. The van der Waals surface area contributed by atoms with E-state index in [-0.39, 0.29) is 13.0 Å². The maximum atomic E-state index is 11.9. The molecule has 1 rings (SSSR count). The number of carbonyl (C=O) groups excluding carboxylic acids is 1. The van der Waals surface area contributed by atoms with E-state index in [1.165, 1.54) is 0 Å². The van der Waals surface area contributed by atoms with Crippen molar-refractivity contribution in [3.05, 3.63) is 33.3 Å². The van der Waals surface area contributed by atoms with Gasteiger partial charge in [-0.15, -0.1) is 0 Å². The first kappa shape index (κ1) is 16.3. The van der Waals surface area contributed by atoms with Crippen molar-refractivity contribution in [3.63, 3.8) is 0 Å². The first-order valence-corrected chi connectivity index (χ1v) is 6.37. The Kier molecular flexibility index (Phi) is 5.64. The maximum Gasteiger partial charge on any atom is 0.471 e. The summed E-state index contributed by atoms with van der Waals surface area (Å²) in [5, 5.41) is 11.8. The van der Waals surface area contributed by atoms with E-state index in [2.05, 4.69) is 15.9 Å². The normalized spacial score (nSPS) is 13.2. The molecule has 3 nitrogen and oxygen atoms in total. The topological polar surface area (TPSA) is 49.3 Å². The second-order valence-corrected chi connectivity index (χ2v) is 5.05. The molecule has 0 heterocycles. The van der Waals surface area contributed by atoms with Crippen molar-refractivity contribution >= 4 is 33.4 Å². The summed E-state index contributed by atoms with van der Waals surface area (Å²) in [6.45, 7) is -0.303. The first-order chi connectivity index (χ1) is 8.71. The molecule has 0 aromatic heterocycles. The molecule has 106 valence electrons. The Bertz CT molecular complexity index is 468. The third-order valence-corrected chi connectivity index (χ3v) is 3.12. The molecule has 19 heavy (non-hydrogen) atoms. The van der Waals surface area contributed by atoms with Crippen molar-refractivity contribution < 1.29 is 23.1 Å². The number of nitrogens with one attached hydrogen (secondary N) is 1. The zero-order valence-corrected chi connectivity index (χ0v) is 11.8. The zero-order chi connectivity index (χ0) is 14.6.